The van der Waals surface area contributed by atoms with Gasteiger partial charge in [0.15, 0.2) is 0 Å². The Kier molecular flexibility index (Phi) is 3.54. The fraction of sp³-hybridized carbons (Fsp3) is 0.190. The molecule has 130 valence electrons. The van der Waals surface area contributed by atoms with Gasteiger partial charge in [0.05, 0.1) is 6.04 Å². The van der Waals surface area contributed by atoms with E-state index in [1.165, 1.54) is 0 Å². The first-order valence-corrected chi connectivity index (χ1v) is 9.01. The minimum absolute atomic E-state index is 0.0987. The first kappa shape index (κ1) is 15.5. The summed E-state index contributed by atoms with van der Waals surface area (Å²) in [6, 6.07) is 19.9. The molecule has 0 radical (unpaired) electrons. The van der Waals surface area contributed by atoms with Gasteiger partial charge in [0.1, 0.15) is 23.0 Å². The molecule has 0 saturated heterocycles. The minimum Gasteiger partial charge on any atom is -0.464 e. The standard InChI is InChI=1S/C21H17ClN2O2/c1-13-10-11-20(25-13)17-12-18-15-7-3-5-9-19(15)26-21(24(18)23-17)14-6-2-4-8-16(14)22/h2-11,18,21H,12H2,1H3/t18-,21-/m1/s1. The van der Waals surface area contributed by atoms with Crippen molar-refractivity contribution in [2.45, 2.75) is 25.6 Å². The van der Waals surface area contributed by atoms with E-state index in [1.54, 1.807) is 0 Å². The second-order valence-corrected chi connectivity index (χ2v) is 6.99. The summed E-state index contributed by atoms with van der Waals surface area (Å²) in [6.07, 6.45) is 0.408. The molecule has 5 rings (SSSR count). The average Bonchev–Trinajstić information content (AvgIpc) is 3.28. The number of furan rings is 1. The van der Waals surface area contributed by atoms with Gasteiger partial charge in [0.25, 0.3) is 0 Å². The van der Waals surface area contributed by atoms with E-state index >= 15 is 0 Å². The summed E-state index contributed by atoms with van der Waals surface area (Å²) in [5, 5.41) is 7.55. The molecule has 0 aliphatic carbocycles. The van der Waals surface area contributed by atoms with Crippen LogP contribution in [0.2, 0.25) is 5.02 Å². The molecule has 0 unspecified atom stereocenters. The molecule has 26 heavy (non-hydrogen) atoms. The van der Waals surface area contributed by atoms with Gasteiger partial charge in [-0.2, -0.15) is 5.10 Å². The molecule has 5 heteroatoms. The fourth-order valence-electron chi connectivity index (χ4n) is 3.65. The summed E-state index contributed by atoms with van der Waals surface area (Å²) in [5.74, 6) is 2.57. The highest BCUT2D eigenvalue weighted by molar-refractivity contribution is 6.31. The second kappa shape index (κ2) is 5.92. The van der Waals surface area contributed by atoms with E-state index in [4.69, 9.17) is 25.9 Å². The number of rotatable bonds is 2. The summed E-state index contributed by atoms with van der Waals surface area (Å²) in [5.41, 5.74) is 2.98. The van der Waals surface area contributed by atoms with Gasteiger partial charge in [-0.15, -0.1) is 0 Å². The van der Waals surface area contributed by atoms with Crippen LogP contribution in [0, 0.1) is 6.92 Å². The van der Waals surface area contributed by atoms with E-state index in [9.17, 15) is 0 Å². The Balaban J connectivity index is 1.62. The van der Waals surface area contributed by atoms with Gasteiger partial charge < -0.3 is 9.15 Å². The predicted octanol–water partition coefficient (Wildman–Crippen LogP) is 5.48. The lowest BCUT2D eigenvalue weighted by Gasteiger charge is -2.38. The SMILES string of the molecule is Cc1ccc(C2=NN3[C@H](C2)c2ccccc2O[C@@H]3c2ccccc2Cl)o1. The summed E-state index contributed by atoms with van der Waals surface area (Å²) < 4.78 is 12.1. The van der Waals surface area contributed by atoms with Crippen molar-refractivity contribution >= 4 is 17.3 Å². The van der Waals surface area contributed by atoms with Gasteiger partial charge in [-0.3, -0.25) is 0 Å². The maximum absolute atomic E-state index is 6.46. The van der Waals surface area contributed by atoms with E-state index in [-0.39, 0.29) is 12.3 Å². The lowest BCUT2D eigenvalue weighted by atomic mass is 9.97. The Labute approximate surface area is 156 Å². The van der Waals surface area contributed by atoms with E-state index in [2.05, 4.69) is 6.07 Å². The molecule has 2 aliphatic heterocycles. The van der Waals surface area contributed by atoms with Crippen LogP contribution in [0.3, 0.4) is 0 Å². The Morgan fingerprint density at radius 2 is 1.77 bits per heavy atom. The third-order valence-electron chi connectivity index (χ3n) is 4.90. The van der Waals surface area contributed by atoms with Crippen LogP contribution in [0.25, 0.3) is 0 Å². The predicted molar refractivity (Wildman–Crippen MR) is 100 cm³/mol. The van der Waals surface area contributed by atoms with Crippen LogP contribution < -0.4 is 4.74 Å². The third kappa shape index (κ3) is 2.41. The number of hydrogen-bond donors (Lipinski definition) is 0. The van der Waals surface area contributed by atoms with E-state index in [1.807, 2.05) is 66.5 Å². The smallest absolute Gasteiger partial charge is 0.215 e. The summed E-state index contributed by atoms with van der Waals surface area (Å²) in [6.45, 7) is 1.94. The van der Waals surface area contributed by atoms with Crippen LogP contribution in [-0.2, 0) is 0 Å². The number of hydrogen-bond acceptors (Lipinski definition) is 4. The van der Waals surface area contributed by atoms with Gasteiger partial charge in [-0.25, -0.2) is 5.01 Å². The molecule has 1 aromatic heterocycles. The second-order valence-electron chi connectivity index (χ2n) is 6.59. The molecule has 2 atom stereocenters. The largest absolute Gasteiger partial charge is 0.464 e. The monoisotopic (exact) mass is 364 g/mol. The van der Waals surface area contributed by atoms with Crippen LogP contribution in [0.1, 0.15) is 41.3 Å². The third-order valence-corrected chi connectivity index (χ3v) is 5.24. The van der Waals surface area contributed by atoms with Gasteiger partial charge >= 0.3 is 0 Å². The number of aryl methyl sites for hydroxylation is 1. The summed E-state index contributed by atoms with van der Waals surface area (Å²) in [7, 11) is 0. The van der Waals surface area contributed by atoms with Gasteiger partial charge in [-0.05, 0) is 31.2 Å². The zero-order valence-electron chi connectivity index (χ0n) is 14.2. The van der Waals surface area contributed by atoms with Crippen LogP contribution in [0.5, 0.6) is 5.75 Å². The Morgan fingerprint density at radius 1 is 1.00 bits per heavy atom. The Bertz CT molecular complexity index is 1010. The molecule has 2 aliphatic rings. The molecule has 0 saturated carbocycles. The van der Waals surface area contributed by atoms with Crippen molar-refractivity contribution in [3.8, 4) is 5.75 Å². The van der Waals surface area contributed by atoms with Crippen molar-refractivity contribution in [3.05, 3.63) is 88.3 Å². The minimum atomic E-state index is -0.364. The number of nitrogens with zero attached hydrogens (tertiary/aromatic N) is 2. The molecule has 0 amide bonds. The molecular formula is C21H17ClN2O2. The Morgan fingerprint density at radius 3 is 2.54 bits per heavy atom. The zero-order valence-corrected chi connectivity index (χ0v) is 15.0. The zero-order chi connectivity index (χ0) is 17.7. The highest BCUT2D eigenvalue weighted by atomic mass is 35.5. The molecule has 4 nitrogen and oxygen atoms in total. The number of fused-ring (bicyclic) bond motifs is 3. The molecule has 3 aromatic rings. The van der Waals surface area contributed by atoms with Crippen molar-refractivity contribution in [3.63, 3.8) is 0 Å². The average molecular weight is 365 g/mol. The number of benzene rings is 2. The van der Waals surface area contributed by atoms with E-state index < -0.39 is 0 Å². The van der Waals surface area contributed by atoms with Crippen LogP contribution in [0.4, 0.5) is 0 Å². The maximum Gasteiger partial charge on any atom is 0.215 e. The van der Waals surface area contributed by atoms with Crippen molar-refractivity contribution in [1.82, 2.24) is 5.01 Å². The van der Waals surface area contributed by atoms with Crippen molar-refractivity contribution in [1.29, 1.82) is 0 Å². The van der Waals surface area contributed by atoms with E-state index in [0.29, 0.717) is 5.02 Å². The molecule has 2 aromatic carbocycles. The quantitative estimate of drug-likeness (QED) is 0.604. The molecule has 0 bridgehead atoms. The van der Waals surface area contributed by atoms with Crippen LogP contribution >= 0.6 is 11.6 Å². The summed E-state index contributed by atoms with van der Waals surface area (Å²) in [4.78, 5) is 0. The molecule has 0 fully saturated rings. The van der Waals surface area contributed by atoms with Crippen LogP contribution in [-0.4, -0.2) is 10.7 Å². The van der Waals surface area contributed by atoms with E-state index in [0.717, 1.165) is 40.5 Å². The molecule has 3 heterocycles. The highest BCUT2D eigenvalue weighted by Gasteiger charge is 2.41. The Hall–Kier alpha value is -2.72. The molecule has 0 N–H and O–H groups in total. The normalized spacial score (nSPS) is 21.0. The highest BCUT2D eigenvalue weighted by Crippen LogP contribution is 2.48. The van der Waals surface area contributed by atoms with Gasteiger partial charge in [0.2, 0.25) is 6.23 Å². The van der Waals surface area contributed by atoms with Crippen molar-refractivity contribution in [2.75, 3.05) is 0 Å². The lowest BCUT2D eigenvalue weighted by molar-refractivity contribution is -0.0189. The number of halogens is 1. The first-order valence-electron chi connectivity index (χ1n) is 8.63. The number of para-hydroxylation sites is 1. The van der Waals surface area contributed by atoms with Crippen LogP contribution in [0.15, 0.2) is 70.2 Å². The van der Waals surface area contributed by atoms with Crippen molar-refractivity contribution < 1.29 is 9.15 Å². The number of hydrazone groups is 1. The van der Waals surface area contributed by atoms with Gasteiger partial charge in [-0.1, -0.05) is 48.0 Å². The van der Waals surface area contributed by atoms with Crippen molar-refractivity contribution in [2.24, 2.45) is 5.10 Å². The topological polar surface area (TPSA) is 38.0 Å². The fourth-order valence-corrected chi connectivity index (χ4v) is 3.88. The summed E-state index contributed by atoms with van der Waals surface area (Å²) >= 11 is 6.46. The molecular weight excluding hydrogens is 348 g/mol. The molecule has 0 spiro atoms. The van der Waals surface area contributed by atoms with Gasteiger partial charge in [0, 0.05) is 22.6 Å². The lowest BCUT2D eigenvalue weighted by Crippen LogP contribution is -2.33. The first-order chi connectivity index (χ1) is 12.7. The maximum atomic E-state index is 6.46. The number of ether oxygens (including phenoxy) is 1.